The van der Waals surface area contributed by atoms with Crippen molar-refractivity contribution in [2.24, 2.45) is 0 Å². The number of amides is 1. The van der Waals surface area contributed by atoms with Crippen molar-refractivity contribution >= 4 is 39.9 Å². The summed E-state index contributed by atoms with van der Waals surface area (Å²) >= 11 is 5.95. The molecule has 0 unspecified atom stereocenters. The number of carbonyl (C=O) groups is 1. The summed E-state index contributed by atoms with van der Waals surface area (Å²) in [6.07, 6.45) is 7.15. The van der Waals surface area contributed by atoms with Crippen molar-refractivity contribution in [2.75, 3.05) is 33.1 Å². The van der Waals surface area contributed by atoms with E-state index in [1.54, 1.807) is 30.2 Å². The fourth-order valence-corrected chi connectivity index (χ4v) is 5.78. The van der Waals surface area contributed by atoms with Gasteiger partial charge in [-0.2, -0.15) is 0 Å². The minimum absolute atomic E-state index is 0.0108. The number of carbonyl (C=O) groups excluding carboxylic acids is 1. The fraction of sp³-hybridized carbons (Fsp3) is 0.464. The number of methoxy groups -OCH3 is 1. The second-order valence-electron chi connectivity index (χ2n) is 10.1. The summed E-state index contributed by atoms with van der Waals surface area (Å²) in [6.45, 7) is 0.974. The molecular weight excluding hydrogens is 509 g/mol. The predicted octanol–water partition coefficient (Wildman–Crippen LogP) is 5.42. The lowest BCUT2D eigenvalue weighted by Gasteiger charge is -2.38. The summed E-state index contributed by atoms with van der Waals surface area (Å²) in [5.41, 5.74) is 0.866. The first kappa shape index (κ1) is 26.4. The van der Waals surface area contributed by atoms with Crippen LogP contribution in [0, 0.1) is 5.82 Å². The van der Waals surface area contributed by atoms with Gasteiger partial charge in [0.2, 0.25) is 5.91 Å². The van der Waals surface area contributed by atoms with E-state index in [0.717, 1.165) is 45.1 Å². The van der Waals surface area contributed by atoms with Gasteiger partial charge in [-0.15, -0.1) is 0 Å². The molecule has 1 aliphatic heterocycles. The number of anilines is 2. The van der Waals surface area contributed by atoms with Crippen LogP contribution in [0.15, 0.2) is 36.7 Å². The minimum atomic E-state index is -0.546. The monoisotopic (exact) mass is 541 g/mol. The van der Waals surface area contributed by atoms with Gasteiger partial charge in [0.15, 0.2) is 17.3 Å². The number of hydrogen-bond acceptors (Lipinski definition) is 7. The molecule has 8 nitrogen and oxygen atoms in total. The van der Waals surface area contributed by atoms with Crippen LogP contribution in [0.3, 0.4) is 0 Å². The van der Waals surface area contributed by atoms with Crippen molar-refractivity contribution in [3.63, 3.8) is 0 Å². The predicted molar refractivity (Wildman–Crippen MR) is 146 cm³/mol. The van der Waals surface area contributed by atoms with Crippen molar-refractivity contribution in [1.82, 2.24) is 19.8 Å². The lowest BCUT2D eigenvalue weighted by Crippen LogP contribution is -2.49. The van der Waals surface area contributed by atoms with Crippen LogP contribution in [-0.4, -0.2) is 71.6 Å². The topological polar surface area (TPSA) is 79.8 Å². The zero-order chi connectivity index (χ0) is 26.8. The van der Waals surface area contributed by atoms with Gasteiger partial charge in [0.05, 0.1) is 35.5 Å². The van der Waals surface area contributed by atoms with Crippen molar-refractivity contribution in [3.05, 3.63) is 47.5 Å². The Kier molecular flexibility index (Phi) is 7.85. The minimum Gasteiger partial charge on any atom is -0.493 e. The molecule has 1 saturated carbocycles. The van der Waals surface area contributed by atoms with Crippen LogP contribution < -0.4 is 14.8 Å². The average molecular weight is 542 g/mol. The SMILES string of the molecule is COc1cc2ncnc(Nc3cccc(Cl)c3F)c2cc1O[C@H]1CC[C@@H](N2CCC[C@@H]2C(=O)N(C)C)CC1. The van der Waals surface area contributed by atoms with Gasteiger partial charge in [-0.05, 0) is 63.3 Å². The second kappa shape index (κ2) is 11.3. The molecule has 1 atom stereocenters. The highest BCUT2D eigenvalue weighted by Gasteiger charge is 2.38. The summed E-state index contributed by atoms with van der Waals surface area (Å²) in [5.74, 6) is 1.27. The van der Waals surface area contributed by atoms with Crippen LogP contribution in [-0.2, 0) is 4.79 Å². The quantitative estimate of drug-likeness (QED) is 0.428. The van der Waals surface area contributed by atoms with Crippen LogP contribution in [0.2, 0.25) is 5.02 Å². The molecule has 202 valence electrons. The molecule has 0 spiro atoms. The van der Waals surface area contributed by atoms with Gasteiger partial charge >= 0.3 is 0 Å². The number of ether oxygens (including phenoxy) is 2. The highest BCUT2D eigenvalue weighted by molar-refractivity contribution is 6.31. The molecule has 0 bridgehead atoms. The second-order valence-corrected chi connectivity index (χ2v) is 10.6. The zero-order valence-corrected chi connectivity index (χ0v) is 22.7. The van der Waals surface area contributed by atoms with E-state index in [4.69, 9.17) is 21.1 Å². The third-order valence-electron chi connectivity index (χ3n) is 7.55. The Labute approximate surface area is 227 Å². The van der Waals surface area contributed by atoms with Crippen LogP contribution in [0.1, 0.15) is 38.5 Å². The number of aromatic nitrogens is 2. The van der Waals surface area contributed by atoms with Crippen molar-refractivity contribution in [2.45, 2.75) is 56.7 Å². The van der Waals surface area contributed by atoms with Crippen LogP contribution >= 0.6 is 11.6 Å². The Hall–Kier alpha value is -3.17. The molecule has 10 heteroatoms. The molecule has 38 heavy (non-hydrogen) atoms. The first-order valence-corrected chi connectivity index (χ1v) is 13.4. The van der Waals surface area contributed by atoms with Crippen molar-refractivity contribution < 1.29 is 18.7 Å². The molecular formula is C28H33ClFN5O3. The van der Waals surface area contributed by atoms with E-state index in [1.807, 2.05) is 20.2 Å². The number of hydrogen-bond donors (Lipinski definition) is 1. The third kappa shape index (κ3) is 5.35. The van der Waals surface area contributed by atoms with Gasteiger partial charge < -0.3 is 19.7 Å². The number of fused-ring (bicyclic) bond motifs is 1. The van der Waals surface area contributed by atoms with Crippen molar-refractivity contribution in [1.29, 1.82) is 0 Å². The Morgan fingerprint density at radius 2 is 1.92 bits per heavy atom. The number of halogens is 2. The summed E-state index contributed by atoms with van der Waals surface area (Å²) in [7, 11) is 5.26. The Morgan fingerprint density at radius 3 is 2.66 bits per heavy atom. The highest BCUT2D eigenvalue weighted by atomic mass is 35.5. The number of benzene rings is 2. The maximum absolute atomic E-state index is 14.5. The highest BCUT2D eigenvalue weighted by Crippen LogP contribution is 2.38. The van der Waals surface area contributed by atoms with E-state index in [2.05, 4.69) is 20.2 Å². The van der Waals surface area contributed by atoms with Gasteiger partial charge in [0.25, 0.3) is 0 Å². The lowest BCUT2D eigenvalue weighted by molar-refractivity contribution is -0.134. The number of likely N-dealkylation sites (tertiary alicyclic amines) is 1. The van der Waals surface area contributed by atoms with Gasteiger partial charge in [-0.3, -0.25) is 9.69 Å². The summed E-state index contributed by atoms with van der Waals surface area (Å²) < 4.78 is 26.6. The number of nitrogens with zero attached hydrogens (tertiary/aromatic N) is 4. The van der Waals surface area contributed by atoms with E-state index in [0.29, 0.717) is 34.3 Å². The van der Waals surface area contributed by atoms with E-state index >= 15 is 0 Å². The Balaban J connectivity index is 1.32. The van der Waals surface area contributed by atoms with Crippen molar-refractivity contribution in [3.8, 4) is 11.5 Å². The molecule has 3 aromatic rings. The van der Waals surface area contributed by atoms with E-state index in [-0.39, 0.29) is 28.8 Å². The van der Waals surface area contributed by atoms with E-state index in [1.165, 1.54) is 12.4 Å². The number of rotatable bonds is 7. The molecule has 1 saturated heterocycles. The van der Waals surface area contributed by atoms with Gasteiger partial charge in [-0.1, -0.05) is 17.7 Å². The Bertz CT molecular complexity index is 1320. The maximum Gasteiger partial charge on any atom is 0.239 e. The smallest absolute Gasteiger partial charge is 0.239 e. The summed E-state index contributed by atoms with van der Waals surface area (Å²) in [6, 6.07) is 8.80. The molecule has 2 aliphatic rings. The molecule has 2 heterocycles. The van der Waals surface area contributed by atoms with E-state index < -0.39 is 5.82 Å². The van der Waals surface area contributed by atoms with Crippen LogP contribution in [0.25, 0.3) is 10.9 Å². The van der Waals surface area contributed by atoms with Gasteiger partial charge in [0.1, 0.15) is 12.1 Å². The standard InChI is InChI=1S/C28H33ClFN5O3/c1-34(2)28(36)23-8-5-13-35(23)17-9-11-18(12-10-17)38-25-14-19-22(15-24(25)37-3)31-16-32-27(19)33-21-7-4-6-20(29)26(21)30/h4,6-7,14-18,23H,5,8-13H2,1-3H3,(H,31,32,33)/t17-,18+,23-/m1/s1. The summed E-state index contributed by atoms with van der Waals surface area (Å²) in [5, 5.41) is 3.75. The molecule has 1 aliphatic carbocycles. The molecule has 5 rings (SSSR count). The molecule has 2 aromatic carbocycles. The van der Waals surface area contributed by atoms with Crippen LogP contribution in [0.5, 0.6) is 11.5 Å². The number of likely N-dealkylation sites (N-methyl/N-ethyl adjacent to an activating group) is 1. The zero-order valence-electron chi connectivity index (χ0n) is 21.9. The molecule has 1 N–H and O–H groups in total. The fourth-order valence-electron chi connectivity index (χ4n) is 5.61. The van der Waals surface area contributed by atoms with Crippen LogP contribution in [0.4, 0.5) is 15.9 Å². The lowest BCUT2D eigenvalue weighted by atomic mass is 9.91. The molecule has 0 radical (unpaired) electrons. The summed E-state index contributed by atoms with van der Waals surface area (Å²) in [4.78, 5) is 25.5. The van der Waals surface area contributed by atoms with E-state index in [9.17, 15) is 9.18 Å². The molecule has 1 amide bonds. The first-order chi connectivity index (χ1) is 18.4. The van der Waals surface area contributed by atoms with Gasteiger partial charge in [-0.25, -0.2) is 14.4 Å². The normalized spacial score (nSPS) is 21.9. The Morgan fingerprint density at radius 1 is 1.13 bits per heavy atom. The number of nitrogens with one attached hydrogen (secondary N) is 1. The maximum atomic E-state index is 14.5. The largest absolute Gasteiger partial charge is 0.493 e. The average Bonchev–Trinajstić information content (AvgIpc) is 3.41. The van der Waals surface area contributed by atoms with Gasteiger partial charge in [0, 0.05) is 31.6 Å². The first-order valence-electron chi connectivity index (χ1n) is 13.0. The molecule has 2 fully saturated rings. The third-order valence-corrected chi connectivity index (χ3v) is 7.84. The molecule has 1 aromatic heterocycles.